The second-order valence-electron chi connectivity index (χ2n) is 9.95. The van der Waals surface area contributed by atoms with Crippen molar-refractivity contribution in [1.82, 2.24) is 29.3 Å². The van der Waals surface area contributed by atoms with Gasteiger partial charge in [-0.3, -0.25) is 9.98 Å². The predicted molar refractivity (Wildman–Crippen MR) is 140 cm³/mol. The number of hydrogen-bond donors (Lipinski definition) is 5. The predicted octanol–water partition coefficient (Wildman–Crippen LogP) is 0.903. The van der Waals surface area contributed by atoms with Crippen molar-refractivity contribution in [1.29, 1.82) is 0 Å². The number of halogens is 1. The van der Waals surface area contributed by atoms with E-state index in [-0.39, 0.29) is 34.6 Å². The lowest BCUT2D eigenvalue weighted by molar-refractivity contribution is 0.387. The SMILES string of the molecule is O=c1[nH]c(O)c(C=c2cnn3c(=NC4CC4)cc(NC4CCC(NS(=O)(=O)c5cccc(F)c5)CC4)nc23)[nH]1. The number of sulfonamides is 1. The van der Waals surface area contributed by atoms with E-state index >= 15 is 0 Å². The van der Waals surface area contributed by atoms with Crippen molar-refractivity contribution >= 4 is 27.6 Å². The van der Waals surface area contributed by atoms with Crippen molar-refractivity contribution < 1.29 is 17.9 Å². The van der Waals surface area contributed by atoms with Gasteiger partial charge in [-0.15, -0.1) is 0 Å². The molecular weight excluding hydrogens is 527 g/mol. The molecule has 0 aliphatic heterocycles. The number of fused-ring (bicyclic) bond motifs is 1. The summed E-state index contributed by atoms with van der Waals surface area (Å²) in [5, 5.41) is 18.4. The van der Waals surface area contributed by atoms with Crippen LogP contribution >= 0.6 is 0 Å². The van der Waals surface area contributed by atoms with Crippen LogP contribution in [-0.4, -0.2) is 56.2 Å². The summed E-state index contributed by atoms with van der Waals surface area (Å²) in [7, 11) is -3.81. The molecule has 3 heterocycles. The first-order valence-electron chi connectivity index (χ1n) is 12.7. The van der Waals surface area contributed by atoms with Gasteiger partial charge in [0.05, 0.1) is 17.1 Å². The summed E-state index contributed by atoms with van der Waals surface area (Å²) in [4.78, 5) is 25.8. The molecule has 2 aliphatic rings. The molecule has 3 aromatic heterocycles. The van der Waals surface area contributed by atoms with Gasteiger partial charge in [0.15, 0.2) is 11.1 Å². The van der Waals surface area contributed by atoms with Gasteiger partial charge in [0.1, 0.15) is 17.3 Å². The first-order chi connectivity index (χ1) is 18.7. The minimum absolute atomic E-state index is 0.0593. The van der Waals surface area contributed by atoms with Crippen LogP contribution in [0.5, 0.6) is 5.88 Å². The second kappa shape index (κ2) is 9.93. The molecule has 0 radical (unpaired) electrons. The summed E-state index contributed by atoms with van der Waals surface area (Å²) < 4.78 is 43.2. The number of aromatic hydroxyl groups is 1. The summed E-state index contributed by atoms with van der Waals surface area (Å²) >= 11 is 0. The van der Waals surface area contributed by atoms with Crippen LogP contribution in [0.3, 0.4) is 0 Å². The standard InChI is InChI=1S/C25H27FN8O4S/c26-15-2-1-3-19(11-15)39(37,38)33-18-8-6-16(7-9-18)28-21-12-22(29-17-4-5-17)34-23(31-21)14(13-27-34)10-20-24(35)32-25(36)30-20/h1-3,10-13,16-18,28,33,35H,4-9H2,(H2,30,32,36). The number of benzene rings is 1. The van der Waals surface area contributed by atoms with Crippen molar-refractivity contribution in [3.05, 3.63) is 69.2 Å². The molecule has 0 amide bonds. The Labute approximate surface area is 221 Å². The van der Waals surface area contributed by atoms with E-state index in [1.165, 1.54) is 18.2 Å². The summed E-state index contributed by atoms with van der Waals surface area (Å²) in [6, 6.07) is 6.87. The van der Waals surface area contributed by atoms with Crippen LogP contribution in [0.2, 0.25) is 0 Å². The molecule has 2 fully saturated rings. The van der Waals surface area contributed by atoms with E-state index in [0.717, 1.165) is 18.9 Å². The Bertz CT molecular complexity index is 1820. The third-order valence-corrected chi connectivity index (χ3v) is 8.40. The second-order valence-corrected chi connectivity index (χ2v) is 11.7. The van der Waals surface area contributed by atoms with Gasteiger partial charge in [0, 0.05) is 23.4 Å². The van der Waals surface area contributed by atoms with Crippen molar-refractivity contribution in [3.8, 4) is 5.88 Å². The Morgan fingerprint density at radius 1 is 1.10 bits per heavy atom. The highest BCUT2D eigenvalue weighted by Gasteiger charge is 2.26. The van der Waals surface area contributed by atoms with E-state index in [1.807, 2.05) is 6.07 Å². The highest BCUT2D eigenvalue weighted by atomic mass is 32.2. The van der Waals surface area contributed by atoms with Gasteiger partial charge in [-0.1, -0.05) is 6.07 Å². The van der Waals surface area contributed by atoms with Gasteiger partial charge in [-0.2, -0.15) is 9.61 Å². The smallest absolute Gasteiger partial charge is 0.326 e. The van der Waals surface area contributed by atoms with Gasteiger partial charge in [0.2, 0.25) is 15.9 Å². The highest BCUT2D eigenvalue weighted by Crippen LogP contribution is 2.24. The minimum Gasteiger partial charge on any atom is -0.493 e. The average Bonchev–Trinajstić information content (AvgIpc) is 3.53. The van der Waals surface area contributed by atoms with Gasteiger partial charge in [-0.25, -0.2) is 27.3 Å². The highest BCUT2D eigenvalue weighted by molar-refractivity contribution is 7.89. The quantitative estimate of drug-likeness (QED) is 0.226. The van der Waals surface area contributed by atoms with Gasteiger partial charge >= 0.3 is 5.69 Å². The van der Waals surface area contributed by atoms with Crippen LogP contribution in [0, 0.1) is 5.82 Å². The van der Waals surface area contributed by atoms with Crippen molar-refractivity contribution in [2.75, 3.05) is 5.32 Å². The molecular formula is C25H27FN8O4S. The lowest BCUT2D eigenvalue weighted by Gasteiger charge is -2.29. The fourth-order valence-electron chi connectivity index (χ4n) is 4.76. The maximum Gasteiger partial charge on any atom is 0.326 e. The molecule has 1 aromatic carbocycles. The van der Waals surface area contributed by atoms with Crippen LogP contribution < -0.4 is 26.4 Å². The van der Waals surface area contributed by atoms with Crippen LogP contribution in [-0.2, 0) is 10.0 Å². The van der Waals surface area contributed by atoms with Gasteiger partial charge in [-0.05, 0) is 62.8 Å². The fourth-order valence-corrected chi connectivity index (χ4v) is 6.09. The Morgan fingerprint density at radius 3 is 2.56 bits per heavy atom. The Morgan fingerprint density at radius 2 is 1.87 bits per heavy atom. The number of anilines is 1. The first-order valence-corrected chi connectivity index (χ1v) is 14.2. The summed E-state index contributed by atoms with van der Waals surface area (Å²) in [5.74, 6) is -0.269. The van der Waals surface area contributed by atoms with Crippen LogP contribution in [0.15, 0.2) is 51.2 Å². The molecule has 4 aromatic rings. The average molecular weight is 555 g/mol. The number of hydrogen-bond acceptors (Lipinski definition) is 8. The molecule has 204 valence electrons. The number of H-pyrrole nitrogens is 2. The number of rotatable bonds is 7. The molecule has 0 bridgehead atoms. The molecule has 6 rings (SSSR count). The van der Waals surface area contributed by atoms with Crippen molar-refractivity contribution in [2.24, 2.45) is 4.99 Å². The monoisotopic (exact) mass is 554 g/mol. The third kappa shape index (κ3) is 5.56. The molecule has 12 nitrogen and oxygen atoms in total. The van der Waals surface area contributed by atoms with Crippen LogP contribution in [0.25, 0.3) is 11.7 Å². The maximum atomic E-state index is 13.5. The summed E-state index contributed by atoms with van der Waals surface area (Å²) in [6.45, 7) is 0. The molecule has 0 atom stereocenters. The maximum absolute atomic E-state index is 13.5. The lowest BCUT2D eigenvalue weighted by atomic mass is 9.92. The molecule has 39 heavy (non-hydrogen) atoms. The van der Waals surface area contributed by atoms with Gasteiger partial charge < -0.3 is 15.4 Å². The Balaban J connectivity index is 1.21. The van der Waals surface area contributed by atoms with Gasteiger partial charge in [0.25, 0.3) is 0 Å². The van der Waals surface area contributed by atoms with Crippen LogP contribution in [0.4, 0.5) is 10.2 Å². The largest absolute Gasteiger partial charge is 0.493 e. The van der Waals surface area contributed by atoms with E-state index in [4.69, 9.17) is 9.98 Å². The van der Waals surface area contributed by atoms with Crippen molar-refractivity contribution in [3.63, 3.8) is 0 Å². The number of nitrogens with zero attached hydrogens (tertiary/aromatic N) is 4. The Hall–Kier alpha value is -4.04. The van der Waals surface area contributed by atoms with E-state index in [9.17, 15) is 22.7 Å². The zero-order valence-corrected chi connectivity index (χ0v) is 21.6. The number of imidazole rings is 1. The molecule has 2 saturated carbocycles. The summed E-state index contributed by atoms with van der Waals surface area (Å²) in [5.41, 5.74) is 0.851. The zero-order valence-electron chi connectivity index (χ0n) is 20.8. The Kier molecular flexibility index (Phi) is 6.43. The number of aromatic nitrogens is 5. The molecule has 0 spiro atoms. The van der Waals surface area contributed by atoms with E-state index in [1.54, 1.807) is 16.8 Å². The van der Waals surface area contributed by atoms with E-state index < -0.39 is 21.5 Å². The normalized spacial score (nSPS) is 21.1. The molecule has 0 saturated heterocycles. The summed E-state index contributed by atoms with van der Waals surface area (Å²) in [6.07, 6.45) is 7.84. The van der Waals surface area contributed by atoms with E-state index in [0.29, 0.717) is 47.9 Å². The third-order valence-electron chi connectivity index (χ3n) is 6.88. The molecule has 5 N–H and O–H groups in total. The topological polar surface area (TPSA) is 170 Å². The number of nitrogens with one attached hydrogen (secondary N) is 4. The van der Waals surface area contributed by atoms with Crippen molar-refractivity contribution in [2.45, 2.75) is 61.5 Å². The molecule has 14 heteroatoms. The van der Waals surface area contributed by atoms with Crippen LogP contribution in [0.1, 0.15) is 44.2 Å². The minimum atomic E-state index is -3.81. The number of aromatic amines is 2. The lowest BCUT2D eigenvalue weighted by Crippen LogP contribution is -2.40. The molecule has 2 aliphatic carbocycles. The molecule has 0 unspecified atom stereocenters. The fraction of sp³-hybridized carbons (Fsp3) is 0.360. The zero-order chi connectivity index (χ0) is 27.1. The van der Waals surface area contributed by atoms with E-state index in [2.05, 4.69) is 25.1 Å². The first kappa shape index (κ1) is 25.2.